The monoisotopic (exact) mass is 250 g/mol. The van der Waals surface area contributed by atoms with Crippen LogP contribution >= 0.6 is 11.3 Å². The zero-order valence-corrected chi connectivity index (χ0v) is 12.0. The van der Waals surface area contributed by atoms with Crippen LogP contribution in [0.2, 0.25) is 0 Å². The first-order valence-electron chi connectivity index (χ1n) is 6.08. The van der Waals surface area contributed by atoms with Gasteiger partial charge < -0.3 is 4.90 Å². The third-order valence-corrected chi connectivity index (χ3v) is 4.12. The van der Waals surface area contributed by atoms with E-state index in [4.69, 9.17) is 5.26 Å². The molecule has 0 aromatic carbocycles. The molecule has 0 aliphatic heterocycles. The van der Waals surface area contributed by atoms with Gasteiger partial charge in [0, 0.05) is 10.9 Å². The Morgan fingerprint density at radius 1 is 1.53 bits per heavy atom. The lowest BCUT2D eigenvalue weighted by atomic mass is 9.91. The predicted octanol–water partition coefficient (Wildman–Crippen LogP) is 3.55. The van der Waals surface area contributed by atoms with Gasteiger partial charge in [0.05, 0.1) is 11.5 Å². The van der Waals surface area contributed by atoms with Crippen molar-refractivity contribution in [1.29, 1.82) is 5.26 Å². The second kappa shape index (κ2) is 6.18. The second-order valence-corrected chi connectivity index (χ2v) is 6.39. The number of thiophene rings is 1. The molecule has 17 heavy (non-hydrogen) atoms. The van der Waals surface area contributed by atoms with Crippen molar-refractivity contribution in [1.82, 2.24) is 4.90 Å². The summed E-state index contributed by atoms with van der Waals surface area (Å²) >= 11 is 1.82. The van der Waals surface area contributed by atoms with E-state index in [-0.39, 0.29) is 5.41 Å². The molecule has 0 bridgehead atoms. The average molecular weight is 250 g/mol. The van der Waals surface area contributed by atoms with Gasteiger partial charge in [0.15, 0.2) is 0 Å². The Hall–Kier alpha value is -0.850. The molecule has 0 fully saturated rings. The maximum atomic E-state index is 8.99. The largest absolute Gasteiger partial charge is 0.303 e. The molecule has 1 atom stereocenters. The third kappa shape index (κ3) is 4.89. The minimum absolute atomic E-state index is 0.211. The highest BCUT2D eigenvalue weighted by Gasteiger charge is 2.19. The summed E-state index contributed by atoms with van der Waals surface area (Å²) in [5.74, 6) is 0. The van der Waals surface area contributed by atoms with Crippen molar-refractivity contribution < 1.29 is 0 Å². The summed E-state index contributed by atoms with van der Waals surface area (Å²) in [6.07, 6.45) is 2.02. The van der Waals surface area contributed by atoms with E-state index in [1.54, 1.807) is 0 Å². The summed E-state index contributed by atoms with van der Waals surface area (Å²) in [6, 6.07) is 7.18. The van der Waals surface area contributed by atoms with Crippen LogP contribution in [0.1, 0.15) is 32.1 Å². The molecule has 0 amide bonds. The highest BCUT2D eigenvalue weighted by Crippen LogP contribution is 2.20. The van der Waals surface area contributed by atoms with Crippen molar-refractivity contribution in [3.05, 3.63) is 22.4 Å². The van der Waals surface area contributed by atoms with E-state index >= 15 is 0 Å². The first-order chi connectivity index (χ1) is 7.94. The van der Waals surface area contributed by atoms with Gasteiger partial charge in [0.2, 0.25) is 0 Å². The highest BCUT2D eigenvalue weighted by molar-refractivity contribution is 7.09. The zero-order chi connectivity index (χ0) is 12.9. The van der Waals surface area contributed by atoms with Gasteiger partial charge in [-0.1, -0.05) is 6.07 Å². The van der Waals surface area contributed by atoms with E-state index in [0.29, 0.717) is 6.04 Å². The van der Waals surface area contributed by atoms with Crippen molar-refractivity contribution in [2.75, 3.05) is 13.6 Å². The molecule has 1 aromatic rings. The lowest BCUT2D eigenvalue weighted by Gasteiger charge is -2.27. The van der Waals surface area contributed by atoms with Crippen LogP contribution < -0.4 is 0 Å². The van der Waals surface area contributed by atoms with Gasteiger partial charge in [-0.2, -0.15) is 5.26 Å². The van der Waals surface area contributed by atoms with E-state index in [1.807, 2.05) is 25.2 Å². The van der Waals surface area contributed by atoms with Crippen molar-refractivity contribution in [3.63, 3.8) is 0 Å². The molecule has 0 saturated heterocycles. The van der Waals surface area contributed by atoms with E-state index in [1.165, 1.54) is 4.88 Å². The molecule has 0 N–H and O–H groups in total. The number of nitrogens with zero attached hydrogens (tertiary/aromatic N) is 2. The fourth-order valence-corrected chi connectivity index (χ4v) is 2.43. The summed E-state index contributed by atoms with van der Waals surface area (Å²) in [5, 5.41) is 11.1. The molecule has 1 unspecified atom stereocenters. The quantitative estimate of drug-likeness (QED) is 0.772. The lowest BCUT2D eigenvalue weighted by molar-refractivity contribution is 0.229. The topological polar surface area (TPSA) is 27.0 Å². The summed E-state index contributed by atoms with van der Waals surface area (Å²) in [5.41, 5.74) is -0.211. The van der Waals surface area contributed by atoms with E-state index in [2.05, 4.69) is 42.5 Å². The summed E-state index contributed by atoms with van der Waals surface area (Å²) < 4.78 is 0. The Morgan fingerprint density at radius 3 is 2.76 bits per heavy atom. The molecule has 1 aromatic heterocycles. The Balaban J connectivity index is 2.37. The van der Waals surface area contributed by atoms with E-state index in [9.17, 15) is 0 Å². The molecule has 3 heteroatoms. The molecule has 94 valence electrons. The number of likely N-dealkylation sites (N-methyl/N-ethyl adjacent to an activating group) is 1. The van der Waals surface area contributed by atoms with Crippen LogP contribution in [0.3, 0.4) is 0 Å². The van der Waals surface area contributed by atoms with Crippen LogP contribution in [0.25, 0.3) is 0 Å². The first kappa shape index (κ1) is 14.2. The van der Waals surface area contributed by atoms with Crippen LogP contribution in [0, 0.1) is 16.7 Å². The third-order valence-electron chi connectivity index (χ3n) is 3.22. The van der Waals surface area contributed by atoms with Crippen molar-refractivity contribution >= 4 is 11.3 Å². The molecular weight excluding hydrogens is 228 g/mol. The van der Waals surface area contributed by atoms with Gasteiger partial charge in [-0.3, -0.25) is 0 Å². The van der Waals surface area contributed by atoms with Gasteiger partial charge in [-0.05, 0) is 58.7 Å². The zero-order valence-electron chi connectivity index (χ0n) is 11.2. The summed E-state index contributed by atoms with van der Waals surface area (Å²) in [6.45, 7) is 7.24. The van der Waals surface area contributed by atoms with Crippen LogP contribution in [0.15, 0.2) is 17.5 Å². The molecule has 0 spiro atoms. The maximum absolute atomic E-state index is 8.99. The fraction of sp³-hybridized carbons (Fsp3) is 0.643. The maximum Gasteiger partial charge on any atom is 0.0684 e. The Bertz CT molecular complexity index is 362. The average Bonchev–Trinajstić information content (AvgIpc) is 2.78. The Morgan fingerprint density at radius 2 is 2.24 bits per heavy atom. The number of hydrogen-bond acceptors (Lipinski definition) is 3. The number of rotatable bonds is 6. The predicted molar refractivity (Wildman–Crippen MR) is 74.1 cm³/mol. The second-order valence-electron chi connectivity index (χ2n) is 5.36. The summed E-state index contributed by atoms with van der Waals surface area (Å²) in [4.78, 5) is 3.78. The molecular formula is C14H22N2S. The van der Waals surface area contributed by atoms with Crippen molar-refractivity contribution in [3.8, 4) is 6.07 Å². The molecule has 1 heterocycles. The minimum atomic E-state index is -0.211. The van der Waals surface area contributed by atoms with Crippen LogP contribution in [0.5, 0.6) is 0 Å². The molecule has 1 rings (SSSR count). The summed E-state index contributed by atoms with van der Waals surface area (Å²) in [7, 11) is 2.14. The smallest absolute Gasteiger partial charge is 0.0684 e. The van der Waals surface area contributed by atoms with Crippen molar-refractivity contribution in [2.24, 2.45) is 5.41 Å². The van der Waals surface area contributed by atoms with Crippen molar-refractivity contribution in [2.45, 2.75) is 39.7 Å². The first-order valence-corrected chi connectivity index (χ1v) is 6.96. The van der Waals surface area contributed by atoms with Crippen LogP contribution in [0.4, 0.5) is 0 Å². The van der Waals surface area contributed by atoms with Gasteiger partial charge in [0.25, 0.3) is 0 Å². The van der Waals surface area contributed by atoms with E-state index in [0.717, 1.165) is 19.4 Å². The number of hydrogen-bond donors (Lipinski definition) is 0. The van der Waals surface area contributed by atoms with Crippen LogP contribution in [-0.2, 0) is 6.42 Å². The van der Waals surface area contributed by atoms with Gasteiger partial charge in [-0.15, -0.1) is 11.3 Å². The van der Waals surface area contributed by atoms with Crippen LogP contribution in [-0.4, -0.2) is 24.5 Å². The standard InChI is InChI=1S/C14H22N2S/c1-12(10-13-6-5-9-17-13)16(4)8-7-14(2,3)11-15/h5-6,9,12H,7-8,10H2,1-4H3. The minimum Gasteiger partial charge on any atom is -0.303 e. The van der Waals surface area contributed by atoms with E-state index < -0.39 is 0 Å². The molecule has 0 radical (unpaired) electrons. The van der Waals surface area contributed by atoms with Gasteiger partial charge >= 0.3 is 0 Å². The lowest BCUT2D eigenvalue weighted by Crippen LogP contribution is -2.33. The molecule has 2 nitrogen and oxygen atoms in total. The van der Waals surface area contributed by atoms with Gasteiger partial charge in [-0.25, -0.2) is 0 Å². The van der Waals surface area contributed by atoms with Gasteiger partial charge in [0.1, 0.15) is 0 Å². The Kier molecular flexibility index (Phi) is 5.17. The normalized spacial score (nSPS) is 13.6. The molecule has 0 aliphatic rings. The SMILES string of the molecule is CC(Cc1cccs1)N(C)CCC(C)(C)C#N. The molecule has 0 aliphatic carbocycles. The number of nitriles is 1. The Labute approximate surface area is 109 Å². The molecule has 0 saturated carbocycles. The fourth-order valence-electron chi connectivity index (χ4n) is 1.61. The highest BCUT2D eigenvalue weighted by atomic mass is 32.1.